The lowest BCUT2D eigenvalue weighted by atomic mass is 10.2. The molecule has 1 aromatic heterocycles. The molecule has 0 unspecified atom stereocenters. The SMILES string of the molecule is O=S(=O)(c1ccccc1Cl)N1CCN(Cc2nnc(-c3ccccc3Cl)o2)CC1. The monoisotopic (exact) mass is 452 g/mol. The molecule has 0 atom stereocenters. The lowest BCUT2D eigenvalue weighted by Crippen LogP contribution is -2.48. The maximum atomic E-state index is 12.8. The van der Waals surface area contributed by atoms with Crippen molar-refractivity contribution in [2.75, 3.05) is 26.2 Å². The number of hydrogen-bond donors (Lipinski definition) is 0. The first kappa shape index (κ1) is 20.3. The minimum absolute atomic E-state index is 0.136. The topological polar surface area (TPSA) is 79.5 Å². The van der Waals surface area contributed by atoms with Gasteiger partial charge in [0.25, 0.3) is 0 Å². The first-order valence-electron chi connectivity index (χ1n) is 8.99. The van der Waals surface area contributed by atoms with Gasteiger partial charge in [-0.3, -0.25) is 4.90 Å². The molecule has 1 aliphatic heterocycles. The number of rotatable bonds is 5. The van der Waals surface area contributed by atoms with Crippen LogP contribution in [0.1, 0.15) is 5.89 Å². The highest BCUT2D eigenvalue weighted by atomic mass is 35.5. The highest BCUT2D eigenvalue weighted by Gasteiger charge is 2.30. The van der Waals surface area contributed by atoms with Crippen molar-refractivity contribution in [3.63, 3.8) is 0 Å². The van der Waals surface area contributed by atoms with E-state index in [4.69, 9.17) is 27.6 Å². The Morgan fingerprint density at radius 1 is 0.897 bits per heavy atom. The second kappa shape index (κ2) is 8.41. The van der Waals surface area contributed by atoms with Gasteiger partial charge in [-0.25, -0.2) is 8.42 Å². The summed E-state index contributed by atoms with van der Waals surface area (Å²) in [5, 5.41) is 8.93. The molecule has 0 N–H and O–H groups in total. The van der Waals surface area contributed by atoms with Crippen molar-refractivity contribution in [3.05, 3.63) is 64.5 Å². The van der Waals surface area contributed by atoms with Crippen molar-refractivity contribution in [1.82, 2.24) is 19.4 Å². The quantitative estimate of drug-likeness (QED) is 0.588. The summed E-state index contributed by atoms with van der Waals surface area (Å²) in [6, 6.07) is 13.7. The summed E-state index contributed by atoms with van der Waals surface area (Å²) >= 11 is 12.2. The fraction of sp³-hybridized carbons (Fsp3) is 0.263. The Hall–Kier alpha value is -1.97. The Bertz CT molecular complexity index is 1110. The molecular formula is C19H18Cl2N4O3S. The molecule has 2 heterocycles. The molecule has 0 aliphatic carbocycles. The van der Waals surface area contributed by atoms with Gasteiger partial charge in [0.15, 0.2) is 0 Å². The van der Waals surface area contributed by atoms with Crippen molar-refractivity contribution in [2.24, 2.45) is 0 Å². The Labute approximate surface area is 178 Å². The number of halogens is 2. The molecule has 2 aromatic carbocycles. The number of nitrogens with zero attached hydrogens (tertiary/aromatic N) is 4. The van der Waals surface area contributed by atoms with Crippen molar-refractivity contribution in [1.29, 1.82) is 0 Å². The van der Waals surface area contributed by atoms with Gasteiger partial charge in [-0.1, -0.05) is 47.5 Å². The van der Waals surface area contributed by atoms with Gasteiger partial charge >= 0.3 is 0 Å². The van der Waals surface area contributed by atoms with Gasteiger partial charge in [-0.15, -0.1) is 10.2 Å². The summed E-state index contributed by atoms with van der Waals surface area (Å²) in [5.41, 5.74) is 0.684. The second-order valence-corrected chi connectivity index (χ2v) is 9.31. The first-order valence-corrected chi connectivity index (χ1v) is 11.2. The lowest BCUT2D eigenvalue weighted by molar-refractivity contribution is 0.168. The Morgan fingerprint density at radius 2 is 1.55 bits per heavy atom. The summed E-state index contributed by atoms with van der Waals surface area (Å²) in [6.45, 7) is 2.26. The highest BCUT2D eigenvalue weighted by molar-refractivity contribution is 7.89. The van der Waals surface area contributed by atoms with Crippen LogP contribution in [0.15, 0.2) is 57.8 Å². The largest absolute Gasteiger partial charge is 0.419 e. The first-order chi connectivity index (χ1) is 13.9. The number of sulfonamides is 1. The predicted molar refractivity (Wildman–Crippen MR) is 110 cm³/mol. The van der Waals surface area contributed by atoms with Crippen LogP contribution in [0.4, 0.5) is 0 Å². The molecule has 1 aliphatic rings. The molecule has 10 heteroatoms. The third-order valence-electron chi connectivity index (χ3n) is 4.72. The fourth-order valence-corrected chi connectivity index (χ4v) is 5.31. The van der Waals surface area contributed by atoms with E-state index in [1.807, 2.05) is 18.2 Å². The van der Waals surface area contributed by atoms with E-state index in [0.29, 0.717) is 55.1 Å². The van der Waals surface area contributed by atoms with Gasteiger partial charge in [0.2, 0.25) is 21.8 Å². The second-order valence-electron chi connectivity index (χ2n) is 6.59. The van der Waals surface area contributed by atoms with Crippen LogP contribution in [-0.4, -0.2) is 54.0 Å². The van der Waals surface area contributed by atoms with Crippen LogP contribution in [-0.2, 0) is 16.6 Å². The van der Waals surface area contributed by atoms with Gasteiger partial charge in [0.1, 0.15) is 4.90 Å². The summed E-state index contributed by atoms with van der Waals surface area (Å²) < 4.78 is 32.9. The van der Waals surface area contributed by atoms with E-state index < -0.39 is 10.0 Å². The van der Waals surface area contributed by atoms with Crippen LogP contribution < -0.4 is 0 Å². The molecule has 0 saturated carbocycles. The number of aromatic nitrogens is 2. The zero-order chi connectivity index (χ0) is 20.4. The molecule has 0 bridgehead atoms. The predicted octanol–water partition coefficient (Wildman–Crippen LogP) is 3.55. The number of benzene rings is 2. The lowest BCUT2D eigenvalue weighted by Gasteiger charge is -2.33. The molecule has 1 saturated heterocycles. The molecule has 0 amide bonds. The number of hydrogen-bond acceptors (Lipinski definition) is 6. The molecule has 7 nitrogen and oxygen atoms in total. The molecule has 0 radical (unpaired) electrons. The van der Waals surface area contributed by atoms with Gasteiger partial charge < -0.3 is 4.42 Å². The van der Waals surface area contributed by atoms with Gasteiger partial charge in [-0.2, -0.15) is 4.31 Å². The van der Waals surface area contributed by atoms with Crippen molar-refractivity contribution < 1.29 is 12.8 Å². The minimum Gasteiger partial charge on any atom is -0.419 e. The Kier molecular flexibility index (Phi) is 5.89. The highest BCUT2D eigenvalue weighted by Crippen LogP contribution is 2.27. The van der Waals surface area contributed by atoms with E-state index >= 15 is 0 Å². The van der Waals surface area contributed by atoms with Crippen LogP contribution >= 0.6 is 23.2 Å². The van der Waals surface area contributed by atoms with Gasteiger partial charge in [0, 0.05) is 26.2 Å². The fourth-order valence-electron chi connectivity index (χ4n) is 3.17. The van der Waals surface area contributed by atoms with Crippen LogP contribution in [0.5, 0.6) is 0 Å². The molecule has 0 spiro atoms. The van der Waals surface area contributed by atoms with E-state index in [2.05, 4.69) is 15.1 Å². The maximum Gasteiger partial charge on any atom is 0.249 e. The molecule has 4 rings (SSSR count). The van der Waals surface area contributed by atoms with Crippen molar-refractivity contribution in [2.45, 2.75) is 11.4 Å². The van der Waals surface area contributed by atoms with Gasteiger partial charge in [0.05, 0.1) is 22.2 Å². The standard InChI is InChI=1S/C19H18Cl2N4O3S/c20-15-6-2-1-5-14(15)19-23-22-18(28-19)13-24-9-11-25(12-10-24)29(26,27)17-8-4-3-7-16(17)21/h1-8H,9-13H2. The molecule has 29 heavy (non-hydrogen) atoms. The van der Waals surface area contributed by atoms with Crippen LogP contribution in [0, 0.1) is 0 Å². The van der Waals surface area contributed by atoms with Crippen molar-refractivity contribution >= 4 is 33.2 Å². The molecular weight excluding hydrogens is 435 g/mol. The van der Waals surface area contributed by atoms with E-state index in [1.165, 1.54) is 10.4 Å². The zero-order valence-electron chi connectivity index (χ0n) is 15.3. The summed E-state index contributed by atoms with van der Waals surface area (Å²) in [7, 11) is -3.62. The third kappa shape index (κ3) is 4.31. The van der Waals surface area contributed by atoms with Crippen LogP contribution in [0.3, 0.4) is 0 Å². The maximum absolute atomic E-state index is 12.8. The average molecular weight is 453 g/mol. The minimum atomic E-state index is -3.62. The molecule has 3 aromatic rings. The normalized spacial score (nSPS) is 16.2. The van der Waals surface area contributed by atoms with Crippen molar-refractivity contribution in [3.8, 4) is 11.5 Å². The Morgan fingerprint density at radius 3 is 2.24 bits per heavy atom. The van der Waals surface area contributed by atoms with Gasteiger partial charge in [-0.05, 0) is 24.3 Å². The summed E-state index contributed by atoms with van der Waals surface area (Å²) in [4.78, 5) is 2.21. The molecule has 152 valence electrons. The van der Waals surface area contributed by atoms with E-state index in [9.17, 15) is 8.42 Å². The van der Waals surface area contributed by atoms with Crippen LogP contribution in [0.25, 0.3) is 11.5 Å². The van der Waals surface area contributed by atoms with Crippen LogP contribution in [0.2, 0.25) is 10.0 Å². The summed E-state index contributed by atoms with van der Waals surface area (Å²) in [5.74, 6) is 0.827. The number of piperazine rings is 1. The van der Waals surface area contributed by atoms with E-state index in [-0.39, 0.29) is 9.92 Å². The average Bonchev–Trinajstić information content (AvgIpc) is 3.17. The smallest absolute Gasteiger partial charge is 0.249 e. The van der Waals surface area contributed by atoms with E-state index in [0.717, 1.165) is 0 Å². The third-order valence-corrected chi connectivity index (χ3v) is 7.44. The summed E-state index contributed by atoms with van der Waals surface area (Å²) in [6.07, 6.45) is 0. The Balaban J connectivity index is 1.40. The molecule has 1 fully saturated rings. The zero-order valence-corrected chi connectivity index (χ0v) is 17.7. The van der Waals surface area contributed by atoms with E-state index in [1.54, 1.807) is 24.3 Å².